The van der Waals surface area contributed by atoms with E-state index in [9.17, 15) is 9.90 Å². The highest BCUT2D eigenvalue weighted by Crippen LogP contribution is 2.18. The first-order valence-electron chi connectivity index (χ1n) is 6.46. The van der Waals surface area contributed by atoms with Gasteiger partial charge in [-0.3, -0.25) is 4.79 Å². The number of aliphatic hydroxyl groups is 1. The Morgan fingerprint density at radius 1 is 1.19 bits per heavy atom. The normalized spacial score (nSPS) is 30.7. The molecule has 16 heavy (non-hydrogen) atoms. The number of carbonyl (C=O) groups is 1. The molecule has 0 unspecified atom stereocenters. The molecule has 2 fully saturated rings. The number of piperidine rings is 1. The van der Waals surface area contributed by atoms with Crippen LogP contribution in [0.3, 0.4) is 0 Å². The molecule has 1 aliphatic carbocycles. The SMILES string of the molecule is O=C(CN[C@H]1CCC[C@@H]1O)N1CCCCC1. The summed E-state index contributed by atoms with van der Waals surface area (Å²) in [5.74, 6) is 0.193. The molecule has 0 aromatic carbocycles. The van der Waals surface area contributed by atoms with Gasteiger partial charge in [-0.15, -0.1) is 0 Å². The molecule has 2 N–H and O–H groups in total. The minimum absolute atomic E-state index is 0.133. The van der Waals surface area contributed by atoms with Crippen LogP contribution in [0, 0.1) is 0 Å². The Hall–Kier alpha value is -0.610. The molecule has 1 aliphatic heterocycles. The van der Waals surface area contributed by atoms with Gasteiger partial charge in [-0.2, -0.15) is 0 Å². The van der Waals surface area contributed by atoms with Crippen LogP contribution in [-0.4, -0.2) is 47.7 Å². The maximum atomic E-state index is 11.8. The monoisotopic (exact) mass is 226 g/mol. The molecule has 0 aromatic heterocycles. The Morgan fingerprint density at radius 3 is 2.56 bits per heavy atom. The molecule has 0 radical (unpaired) electrons. The van der Waals surface area contributed by atoms with E-state index < -0.39 is 0 Å². The number of amides is 1. The van der Waals surface area contributed by atoms with Crippen LogP contribution in [-0.2, 0) is 4.79 Å². The van der Waals surface area contributed by atoms with Crippen molar-refractivity contribution in [2.24, 2.45) is 0 Å². The van der Waals surface area contributed by atoms with Gasteiger partial charge in [0.1, 0.15) is 0 Å². The largest absolute Gasteiger partial charge is 0.392 e. The van der Waals surface area contributed by atoms with E-state index in [4.69, 9.17) is 0 Å². The molecule has 4 heteroatoms. The summed E-state index contributed by atoms with van der Waals surface area (Å²) in [5, 5.41) is 12.8. The highest BCUT2D eigenvalue weighted by Gasteiger charge is 2.26. The van der Waals surface area contributed by atoms with Crippen LogP contribution >= 0.6 is 0 Å². The maximum Gasteiger partial charge on any atom is 0.236 e. The number of nitrogens with zero attached hydrogens (tertiary/aromatic N) is 1. The van der Waals surface area contributed by atoms with Crippen LogP contribution in [0.4, 0.5) is 0 Å². The average Bonchev–Trinajstić information content (AvgIpc) is 2.73. The van der Waals surface area contributed by atoms with E-state index in [-0.39, 0.29) is 18.1 Å². The summed E-state index contributed by atoms with van der Waals surface area (Å²) in [6, 6.07) is 0.133. The molecule has 1 amide bonds. The zero-order valence-electron chi connectivity index (χ0n) is 9.82. The van der Waals surface area contributed by atoms with E-state index in [2.05, 4.69) is 5.32 Å². The minimum atomic E-state index is -0.255. The van der Waals surface area contributed by atoms with Crippen molar-refractivity contribution in [3.8, 4) is 0 Å². The van der Waals surface area contributed by atoms with Crippen LogP contribution in [0.25, 0.3) is 0 Å². The van der Waals surface area contributed by atoms with Gasteiger partial charge < -0.3 is 15.3 Å². The van der Waals surface area contributed by atoms with Crippen LogP contribution in [0.2, 0.25) is 0 Å². The molecule has 92 valence electrons. The van der Waals surface area contributed by atoms with Crippen molar-refractivity contribution in [1.29, 1.82) is 0 Å². The van der Waals surface area contributed by atoms with E-state index in [0.29, 0.717) is 6.54 Å². The van der Waals surface area contributed by atoms with Gasteiger partial charge in [0.25, 0.3) is 0 Å². The standard InChI is InChI=1S/C12H22N2O2/c15-11-6-4-5-10(11)13-9-12(16)14-7-2-1-3-8-14/h10-11,13,15H,1-9H2/t10-,11-/m0/s1. The Kier molecular flexibility index (Phi) is 4.18. The molecule has 0 spiro atoms. The molecular weight excluding hydrogens is 204 g/mol. The quantitative estimate of drug-likeness (QED) is 0.737. The lowest BCUT2D eigenvalue weighted by molar-refractivity contribution is -0.131. The number of hydrogen-bond acceptors (Lipinski definition) is 3. The summed E-state index contributed by atoms with van der Waals surface area (Å²) >= 11 is 0. The Labute approximate surface area is 97.0 Å². The van der Waals surface area contributed by atoms with Crippen molar-refractivity contribution < 1.29 is 9.90 Å². The van der Waals surface area contributed by atoms with Gasteiger partial charge in [-0.25, -0.2) is 0 Å². The smallest absolute Gasteiger partial charge is 0.236 e. The topological polar surface area (TPSA) is 52.6 Å². The molecule has 2 atom stereocenters. The van der Waals surface area contributed by atoms with Gasteiger partial charge in [0, 0.05) is 19.1 Å². The molecule has 1 saturated heterocycles. The second kappa shape index (κ2) is 5.64. The summed E-state index contributed by atoms with van der Waals surface area (Å²) in [6.45, 7) is 2.21. The highest BCUT2D eigenvalue weighted by molar-refractivity contribution is 5.78. The third-order valence-corrected chi connectivity index (χ3v) is 3.70. The number of carbonyl (C=O) groups excluding carboxylic acids is 1. The lowest BCUT2D eigenvalue weighted by atomic mass is 10.1. The summed E-state index contributed by atoms with van der Waals surface area (Å²) in [4.78, 5) is 13.8. The van der Waals surface area contributed by atoms with Gasteiger partial charge in [-0.05, 0) is 38.5 Å². The van der Waals surface area contributed by atoms with E-state index in [1.807, 2.05) is 4.90 Å². The van der Waals surface area contributed by atoms with Crippen molar-refractivity contribution in [2.75, 3.05) is 19.6 Å². The summed E-state index contributed by atoms with van der Waals surface area (Å²) in [5.41, 5.74) is 0. The van der Waals surface area contributed by atoms with E-state index in [1.54, 1.807) is 0 Å². The second-order valence-corrected chi connectivity index (χ2v) is 4.93. The first kappa shape index (κ1) is 11.9. The van der Waals surface area contributed by atoms with Gasteiger partial charge in [0.2, 0.25) is 5.91 Å². The molecular formula is C12H22N2O2. The second-order valence-electron chi connectivity index (χ2n) is 4.93. The fraction of sp³-hybridized carbons (Fsp3) is 0.917. The lowest BCUT2D eigenvalue weighted by Gasteiger charge is -2.27. The molecule has 0 aromatic rings. The van der Waals surface area contributed by atoms with Gasteiger partial charge in [0.05, 0.1) is 12.6 Å². The molecule has 0 bridgehead atoms. The number of likely N-dealkylation sites (tertiary alicyclic amines) is 1. The molecule has 1 saturated carbocycles. The van der Waals surface area contributed by atoms with E-state index in [1.165, 1.54) is 6.42 Å². The van der Waals surface area contributed by atoms with Crippen LogP contribution < -0.4 is 5.32 Å². The average molecular weight is 226 g/mol. The number of aliphatic hydroxyl groups excluding tert-OH is 1. The summed E-state index contributed by atoms with van der Waals surface area (Å²) < 4.78 is 0. The van der Waals surface area contributed by atoms with E-state index >= 15 is 0 Å². The van der Waals surface area contributed by atoms with Crippen molar-refractivity contribution in [2.45, 2.75) is 50.7 Å². The predicted molar refractivity (Wildman–Crippen MR) is 62.1 cm³/mol. The fourth-order valence-corrected chi connectivity index (χ4v) is 2.65. The maximum absolute atomic E-state index is 11.8. The molecule has 2 aliphatic rings. The number of nitrogens with one attached hydrogen (secondary N) is 1. The minimum Gasteiger partial charge on any atom is -0.392 e. The number of rotatable bonds is 3. The van der Waals surface area contributed by atoms with Gasteiger partial charge >= 0.3 is 0 Å². The zero-order chi connectivity index (χ0) is 11.4. The highest BCUT2D eigenvalue weighted by atomic mass is 16.3. The first-order valence-corrected chi connectivity index (χ1v) is 6.46. The Balaban J connectivity index is 1.70. The van der Waals surface area contributed by atoms with Crippen molar-refractivity contribution in [3.63, 3.8) is 0 Å². The van der Waals surface area contributed by atoms with Crippen LogP contribution in [0.15, 0.2) is 0 Å². The molecule has 4 nitrogen and oxygen atoms in total. The van der Waals surface area contributed by atoms with E-state index in [0.717, 1.165) is 45.2 Å². The Bertz CT molecular complexity index is 239. The zero-order valence-corrected chi connectivity index (χ0v) is 9.82. The molecule has 2 rings (SSSR count). The summed E-state index contributed by atoms with van der Waals surface area (Å²) in [7, 11) is 0. The van der Waals surface area contributed by atoms with Crippen molar-refractivity contribution in [1.82, 2.24) is 10.2 Å². The van der Waals surface area contributed by atoms with Gasteiger partial charge in [0.15, 0.2) is 0 Å². The fourth-order valence-electron chi connectivity index (χ4n) is 2.65. The van der Waals surface area contributed by atoms with Crippen LogP contribution in [0.5, 0.6) is 0 Å². The lowest BCUT2D eigenvalue weighted by Crippen LogP contribution is -2.45. The molecule has 1 heterocycles. The van der Waals surface area contributed by atoms with Crippen molar-refractivity contribution >= 4 is 5.91 Å². The Morgan fingerprint density at radius 2 is 1.94 bits per heavy atom. The summed E-state index contributed by atoms with van der Waals surface area (Å²) in [6.07, 6.45) is 6.20. The first-order chi connectivity index (χ1) is 7.77. The third-order valence-electron chi connectivity index (χ3n) is 3.70. The van der Waals surface area contributed by atoms with Crippen LogP contribution in [0.1, 0.15) is 38.5 Å². The predicted octanol–water partition coefficient (Wildman–Crippen LogP) is 0.502. The van der Waals surface area contributed by atoms with Crippen molar-refractivity contribution in [3.05, 3.63) is 0 Å². The third kappa shape index (κ3) is 2.95. The number of hydrogen-bond donors (Lipinski definition) is 2. The van der Waals surface area contributed by atoms with Gasteiger partial charge in [-0.1, -0.05) is 0 Å².